The van der Waals surface area contributed by atoms with Gasteiger partial charge >= 0.3 is 0 Å². The Morgan fingerprint density at radius 3 is 2.53 bits per heavy atom. The van der Waals surface area contributed by atoms with Crippen molar-refractivity contribution in [1.82, 2.24) is 0 Å². The molecule has 0 aromatic heterocycles. The van der Waals surface area contributed by atoms with Gasteiger partial charge in [0.1, 0.15) is 0 Å². The summed E-state index contributed by atoms with van der Waals surface area (Å²) in [5.74, 6) is 2.49. The lowest BCUT2D eigenvalue weighted by molar-refractivity contribution is -0.106. The molecule has 17 heavy (non-hydrogen) atoms. The van der Waals surface area contributed by atoms with E-state index in [4.69, 9.17) is 0 Å². The van der Waals surface area contributed by atoms with Gasteiger partial charge in [-0.25, -0.2) is 0 Å². The van der Waals surface area contributed by atoms with Crippen LogP contribution in [0.25, 0.3) is 0 Å². The lowest BCUT2D eigenvalue weighted by Crippen LogP contribution is -1.84. The molecule has 0 radical (unpaired) electrons. The summed E-state index contributed by atoms with van der Waals surface area (Å²) in [6.07, 6.45) is 1.35. The largest absolute Gasteiger partial charge is 0.281 e. The molecule has 1 aliphatic heterocycles. The molecule has 0 amide bonds. The fourth-order valence-electron chi connectivity index (χ4n) is 1.35. The zero-order valence-corrected chi connectivity index (χ0v) is 12.4. The van der Waals surface area contributed by atoms with Crippen molar-refractivity contribution in [3.8, 4) is 0 Å². The molecular weight excluding hydrogens is 288 g/mol. The first kappa shape index (κ1) is 13.5. The van der Waals surface area contributed by atoms with E-state index < -0.39 is 0 Å². The number of thioether (sulfide) groups is 2. The molecule has 90 valence electrons. The Kier molecular flexibility index (Phi) is 5.41. The number of carbonyl (C=O) groups excluding carboxylic acids is 1. The summed E-state index contributed by atoms with van der Waals surface area (Å²) in [5, 5.41) is 0.000908. The summed E-state index contributed by atoms with van der Waals surface area (Å²) in [5.41, 5.74) is 1.38. The van der Waals surface area contributed by atoms with Gasteiger partial charge in [-0.05, 0) is 45.4 Å². The second-order valence-corrected chi connectivity index (χ2v) is 8.26. The number of hydrogen-bond donors (Lipinski definition) is 0. The minimum atomic E-state index is 0.000908. The summed E-state index contributed by atoms with van der Waals surface area (Å²) in [6, 6.07) is 8.50. The first-order valence-corrected chi connectivity index (χ1v) is 9.38. The Morgan fingerprint density at radius 1 is 1.29 bits per heavy atom. The molecule has 5 heteroatoms. The molecule has 1 aromatic rings. The number of rotatable bonds is 4. The topological polar surface area (TPSA) is 17.1 Å². The van der Waals surface area contributed by atoms with Crippen molar-refractivity contribution in [1.29, 1.82) is 0 Å². The minimum Gasteiger partial charge on any atom is -0.281 e. The van der Waals surface area contributed by atoms with E-state index in [2.05, 4.69) is 30.8 Å². The molecule has 0 atom stereocenters. The smallest absolute Gasteiger partial charge is 0.222 e. The van der Waals surface area contributed by atoms with E-state index in [1.54, 1.807) is 0 Å². The van der Waals surface area contributed by atoms with Crippen LogP contribution in [0.4, 0.5) is 0 Å². The summed E-state index contributed by atoms with van der Waals surface area (Å²) in [4.78, 5) is 12.2. The van der Waals surface area contributed by atoms with Crippen molar-refractivity contribution in [3.05, 3.63) is 42.5 Å². The first-order valence-electron chi connectivity index (χ1n) is 5.13. The van der Waals surface area contributed by atoms with Crippen molar-refractivity contribution >= 4 is 50.2 Å². The zero-order chi connectivity index (χ0) is 12.1. The van der Waals surface area contributed by atoms with E-state index in [1.165, 1.54) is 44.7 Å². The predicted molar refractivity (Wildman–Crippen MR) is 82.8 cm³/mol. The van der Waals surface area contributed by atoms with Crippen molar-refractivity contribution in [3.63, 3.8) is 0 Å². The normalized spacial score (nSPS) is 16.0. The Morgan fingerprint density at radius 2 is 1.94 bits per heavy atom. The Labute approximate surface area is 118 Å². The van der Waals surface area contributed by atoms with Crippen LogP contribution in [0.5, 0.6) is 0 Å². The van der Waals surface area contributed by atoms with Gasteiger partial charge in [0.25, 0.3) is 0 Å². The van der Waals surface area contributed by atoms with Gasteiger partial charge in [0.2, 0.25) is 5.12 Å². The highest BCUT2D eigenvalue weighted by Gasteiger charge is 2.17. The highest BCUT2D eigenvalue weighted by atomic mass is 33.1. The third-order valence-corrected chi connectivity index (χ3v) is 7.46. The molecule has 0 aliphatic carbocycles. The molecule has 0 N–H and O–H groups in total. The predicted octanol–water partition coefficient (Wildman–Crippen LogP) is 4.62. The Bertz CT molecular complexity index is 395. The molecule has 1 heterocycles. The van der Waals surface area contributed by atoms with Crippen LogP contribution >= 0.6 is 45.1 Å². The molecule has 2 rings (SSSR count). The van der Waals surface area contributed by atoms with Crippen LogP contribution < -0.4 is 0 Å². The molecule has 1 aromatic carbocycles. The van der Waals surface area contributed by atoms with Gasteiger partial charge in [0.15, 0.2) is 0 Å². The Balaban J connectivity index is 1.93. The molecule has 1 nitrogen and oxygen atoms in total. The molecular formula is C12H12OS4. The summed E-state index contributed by atoms with van der Waals surface area (Å²) in [6.45, 7) is 3.45. The van der Waals surface area contributed by atoms with Gasteiger partial charge in [0.05, 0.1) is 4.58 Å². The van der Waals surface area contributed by atoms with Crippen LogP contribution in [0.2, 0.25) is 0 Å². The highest BCUT2D eigenvalue weighted by Crippen LogP contribution is 2.45. The van der Waals surface area contributed by atoms with Crippen LogP contribution in [-0.4, -0.2) is 16.6 Å². The van der Waals surface area contributed by atoms with Gasteiger partial charge in [-0.2, -0.15) is 0 Å². The summed E-state index contributed by atoms with van der Waals surface area (Å²) < 4.78 is 0.594. The number of hydrogen-bond acceptors (Lipinski definition) is 5. The lowest BCUT2D eigenvalue weighted by Gasteiger charge is -2.08. The first-order chi connectivity index (χ1) is 8.29. The average molecular weight is 300 g/mol. The molecule has 1 saturated heterocycles. The van der Waals surface area contributed by atoms with Gasteiger partial charge in [-0.15, -0.1) is 23.5 Å². The second-order valence-electron chi connectivity index (χ2n) is 3.33. The SMILES string of the molecule is C=CC(=O)SSc1ccc(C2SCCS2)cc1. The van der Waals surface area contributed by atoms with Crippen molar-refractivity contribution in [2.45, 2.75) is 9.48 Å². The van der Waals surface area contributed by atoms with Gasteiger partial charge in [-0.1, -0.05) is 18.7 Å². The van der Waals surface area contributed by atoms with Crippen LogP contribution in [0.15, 0.2) is 41.8 Å². The third kappa shape index (κ3) is 4.02. The van der Waals surface area contributed by atoms with Crippen molar-refractivity contribution in [2.24, 2.45) is 0 Å². The van der Waals surface area contributed by atoms with E-state index in [1.807, 2.05) is 23.5 Å². The van der Waals surface area contributed by atoms with E-state index in [0.29, 0.717) is 4.58 Å². The van der Waals surface area contributed by atoms with Gasteiger partial charge in [0, 0.05) is 16.4 Å². The maximum absolute atomic E-state index is 11.1. The summed E-state index contributed by atoms with van der Waals surface area (Å²) in [7, 11) is 2.70. The maximum Gasteiger partial charge on any atom is 0.222 e. The standard InChI is InChI=1S/C12H12OS4/c1-2-11(13)17-16-10-5-3-9(4-6-10)12-14-7-8-15-12/h2-6,12H,1,7-8H2. The minimum absolute atomic E-state index is 0.000908. The maximum atomic E-state index is 11.1. The van der Waals surface area contributed by atoms with E-state index in [0.717, 1.165) is 4.90 Å². The third-order valence-electron chi connectivity index (χ3n) is 2.16. The molecule has 0 spiro atoms. The van der Waals surface area contributed by atoms with Crippen LogP contribution in [0, 0.1) is 0 Å². The van der Waals surface area contributed by atoms with E-state index in [9.17, 15) is 4.79 Å². The fourth-order valence-corrected chi connectivity index (χ4v) is 5.78. The van der Waals surface area contributed by atoms with E-state index in [-0.39, 0.29) is 5.12 Å². The molecule has 0 unspecified atom stereocenters. The van der Waals surface area contributed by atoms with Gasteiger partial charge < -0.3 is 0 Å². The second kappa shape index (κ2) is 6.83. The average Bonchev–Trinajstić information content (AvgIpc) is 2.90. The molecule has 0 saturated carbocycles. The summed E-state index contributed by atoms with van der Waals surface area (Å²) >= 11 is 4.01. The van der Waals surface area contributed by atoms with Crippen molar-refractivity contribution < 1.29 is 4.79 Å². The quantitative estimate of drug-likeness (QED) is 0.594. The van der Waals surface area contributed by atoms with Crippen molar-refractivity contribution in [2.75, 3.05) is 11.5 Å². The molecule has 1 aliphatic rings. The monoisotopic (exact) mass is 300 g/mol. The highest BCUT2D eigenvalue weighted by molar-refractivity contribution is 8.82. The van der Waals surface area contributed by atoms with Crippen LogP contribution in [0.3, 0.4) is 0 Å². The van der Waals surface area contributed by atoms with Gasteiger partial charge in [-0.3, -0.25) is 4.79 Å². The van der Waals surface area contributed by atoms with E-state index >= 15 is 0 Å². The molecule has 0 bridgehead atoms. The van der Waals surface area contributed by atoms with Crippen LogP contribution in [-0.2, 0) is 4.79 Å². The number of carbonyl (C=O) groups is 1. The lowest BCUT2D eigenvalue weighted by atomic mass is 10.2. The zero-order valence-electron chi connectivity index (χ0n) is 9.13. The molecule has 1 fully saturated rings. The fraction of sp³-hybridized carbons (Fsp3) is 0.250. The Hall–Kier alpha value is 0.0300. The van der Waals surface area contributed by atoms with Crippen LogP contribution in [0.1, 0.15) is 10.1 Å². The number of benzene rings is 1.